The highest BCUT2D eigenvalue weighted by Gasteiger charge is 2.22. The Balaban J connectivity index is 2.38. The molecule has 0 radical (unpaired) electrons. The maximum absolute atomic E-state index is 12.3. The second-order valence-corrected chi connectivity index (χ2v) is 5.34. The highest BCUT2D eigenvalue weighted by molar-refractivity contribution is 5.96. The van der Waals surface area contributed by atoms with Crippen LogP contribution >= 0.6 is 0 Å². The van der Waals surface area contributed by atoms with Gasteiger partial charge in [0.2, 0.25) is 0 Å². The molecule has 1 aromatic carbocycles. The summed E-state index contributed by atoms with van der Waals surface area (Å²) < 4.78 is 17.4. The topological polar surface area (TPSA) is 66.8 Å². The quantitative estimate of drug-likeness (QED) is 0.728. The molecule has 0 N–H and O–H groups in total. The summed E-state index contributed by atoms with van der Waals surface area (Å²) in [4.78, 5) is 23.8. The van der Waals surface area contributed by atoms with Crippen LogP contribution in [0.4, 0.5) is 0 Å². The molecule has 24 heavy (non-hydrogen) atoms. The van der Waals surface area contributed by atoms with Gasteiger partial charge in [-0.25, -0.2) is 9.59 Å². The number of carbonyl (C=O) groups excluding carboxylic acids is 2. The maximum Gasteiger partial charge on any atom is 0.355 e. The van der Waals surface area contributed by atoms with Gasteiger partial charge in [-0.05, 0) is 45.4 Å². The highest BCUT2D eigenvalue weighted by atomic mass is 16.6. The average molecular weight is 333 g/mol. The van der Waals surface area contributed by atoms with Crippen LogP contribution in [-0.4, -0.2) is 36.3 Å². The first-order chi connectivity index (χ1) is 11.5. The molecule has 0 saturated carbocycles. The summed E-state index contributed by atoms with van der Waals surface area (Å²) in [5.74, 6) is -0.852. The van der Waals surface area contributed by atoms with Gasteiger partial charge in [0.25, 0.3) is 0 Å². The van der Waals surface area contributed by atoms with Crippen molar-refractivity contribution in [3.63, 3.8) is 0 Å². The fourth-order valence-electron chi connectivity index (χ4n) is 2.62. The van der Waals surface area contributed by atoms with Crippen LogP contribution in [0.25, 0.3) is 10.9 Å². The number of hydrogen-bond acceptors (Lipinski definition) is 5. The third-order valence-corrected chi connectivity index (χ3v) is 3.70. The maximum atomic E-state index is 12.3. The second-order valence-electron chi connectivity index (χ2n) is 5.34. The molecule has 6 heteroatoms. The summed E-state index contributed by atoms with van der Waals surface area (Å²) >= 11 is 0. The number of aryl methyl sites for hydroxylation is 1. The first-order valence-corrected chi connectivity index (χ1v) is 8.04. The summed E-state index contributed by atoms with van der Waals surface area (Å²) in [6.07, 6.45) is -0.520. The van der Waals surface area contributed by atoms with Crippen LogP contribution < -0.4 is 0 Å². The Bertz CT molecular complexity index is 734. The van der Waals surface area contributed by atoms with Gasteiger partial charge >= 0.3 is 11.9 Å². The average Bonchev–Trinajstić information content (AvgIpc) is 2.94. The zero-order valence-electron chi connectivity index (χ0n) is 14.5. The van der Waals surface area contributed by atoms with Crippen LogP contribution in [0.1, 0.15) is 43.1 Å². The molecule has 0 amide bonds. The lowest BCUT2D eigenvalue weighted by molar-refractivity contribution is -0.152. The van der Waals surface area contributed by atoms with Crippen LogP contribution in [0.3, 0.4) is 0 Å². The molecule has 0 aliphatic heterocycles. The minimum atomic E-state index is -0.520. The lowest BCUT2D eigenvalue weighted by atomic mass is 10.1. The van der Waals surface area contributed by atoms with Crippen molar-refractivity contribution in [3.05, 3.63) is 35.5 Å². The van der Waals surface area contributed by atoms with E-state index in [-0.39, 0.29) is 13.2 Å². The number of aromatic nitrogens is 1. The van der Waals surface area contributed by atoms with Crippen molar-refractivity contribution in [2.45, 2.75) is 33.9 Å². The number of fused-ring (bicyclic) bond motifs is 1. The highest BCUT2D eigenvalue weighted by Crippen LogP contribution is 2.27. The van der Waals surface area contributed by atoms with Gasteiger partial charge in [-0.3, -0.25) is 0 Å². The molecule has 0 saturated heterocycles. The Hall–Kier alpha value is -2.34. The van der Waals surface area contributed by atoms with Crippen molar-refractivity contribution < 1.29 is 23.8 Å². The second kappa shape index (κ2) is 7.97. The first-order valence-electron chi connectivity index (χ1n) is 8.04. The van der Waals surface area contributed by atoms with Gasteiger partial charge in [0, 0.05) is 5.39 Å². The normalized spacial score (nSPS) is 12.2. The van der Waals surface area contributed by atoms with E-state index in [0.717, 1.165) is 16.5 Å². The molecule has 0 spiro atoms. The van der Waals surface area contributed by atoms with E-state index >= 15 is 0 Å². The van der Waals surface area contributed by atoms with E-state index in [1.807, 2.05) is 25.1 Å². The monoisotopic (exact) mass is 333 g/mol. The van der Waals surface area contributed by atoms with Gasteiger partial charge in [-0.1, -0.05) is 12.1 Å². The van der Waals surface area contributed by atoms with E-state index in [9.17, 15) is 9.59 Å². The van der Waals surface area contributed by atoms with Gasteiger partial charge in [0.05, 0.1) is 18.7 Å². The molecule has 1 atom stereocenters. The molecule has 130 valence electrons. The summed E-state index contributed by atoms with van der Waals surface area (Å²) in [7, 11) is 0. The number of esters is 2. The Morgan fingerprint density at radius 3 is 2.54 bits per heavy atom. The minimum absolute atomic E-state index is 0.178. The number of carbonyl (C=O) groups is 2. The van der Waals surface area contributed by atoms with Gasteiger partial charge in [-0.2, -0.15) is 0 Å². The van der Waals surface area contributed by atoms with E-state index in [4.69, 9.17) is 14.2 Å². The van der Waals surface area contributed by atoms with E-state index < -0.39 is 18.2 Å². The number of hydrogen-bond donors (Lipinski definition) is 0. The van der Waals surface area contributed by atoms with Crippen molar-refractivity contribution in [1.82, 2.24) is 4.57 Å². The Labute approximate surface area is 141 Å². The Kier molecular flexibility index (Phi) is 5.98. The van der Waals surface area contributed by atoms with Crippen LogP contribution in [0, 0.1) is 6.92 Å². The molecule has 6 nitrogen and oxygen atoms in total. The van der Waals surface area contributed by atoms with Crippen molar-refractivity contribution in [1.29, 1.82) is 0 Å². The predicted octanol–water partition coefficient (Wildman–Crippen LogP) is 3.22. The van der Waals surface area contributed by atoms with Gasteiger partial charge in [-0.15, -0.1) is 0 Å². The van der Waals surface area contributed by atoms with Crippen molar-refractivity contribution in [3.8, 4) is 0 Å². The van der Waals surface area contributed by atoms with E-state index in [0.29, 0.717) is 12.3 Å². The zero-order valence-corrected chi connectivity index (χ0v) is 14.5. The van der Waals surface area contributed by atoms with E-state index in [1.165, 1.54) is 0 Å². The van der Waals surface area contributed by atoms with Crippen LogP contribution in [-0.2, 0) is 19.0 Å². The SMILES string of the molecule is CCOC(=O)COC(C)n1c(C(=O)OCC)cc2c(C)cccc21. The largest absolute Gasteiger partial charge is 0.464 e. The van der Waals surface area contributed by atoms with Crippen LogP contribution in [0.2, 0.25) is 0 Å². The zero-order chi connectivity index (χ0) is 17.7. The van der Waals surface area contributed by atoms with Gasteiger partial charge in [0.1, 0.15) is 18.5 Å². The summed E-state index contributed by atoms with van der Waals surface area (Å²) in [6.45, 7) is 7.67. The molecular weight excluding hydrogens is 310 g/mol. The fourth-order valence-corrected chi connectivity index (χ4v) is 2.62. The molecule has 1 heterocycles. The third kappa shape index (κ3) is 3.76. The molecule has 0 bridgehead atoms. The Morgan fingerprint density at radius 1 is 1.17 bits per heavy atom. The van der Waals surface area contributed by atoms with Gasteiger partial charge in [0.15, 0.2) is 0 Å². The lowest BCUT2D eigenvalue weighted by Gasteiger charge is -2.18. The molecule has 2 aromatic rings. The number of nitrogens with zero attached hydrogens (tertiary/aromatic N) is 1. The molecule has 0 fully saturated rings. The molecule has 1 aromatic heterocycles. The fraction of sp³-hybridized carbons (Fsp3) is 0.444. The summed E-state index contributed by atoms with van der Waals surface area (Å²) in [5, 5.41) is 0.951. The van der Waals surface area contributed by atoms with Crippen molar-refractivity contribution in [2.24, 2.45) is 0 Å². The summed E-state index contributed by atoms with van der Waals surface area (Å²) in [6, 6.07) is 7.61. The van der Waals surface area contributed by atoms with Crippen molar-refractivity contribution >= 4 is 22.8 Å². The van der Waals surface area contributed by atoms with E-state index in [1.54, 1.807) is 31.4 Å². The van der Waals surface area contributed by atoms with Crippen LogP contribution in [0.5, 0.6) is 0 Å². The molecule has 0 aliphatic rings. The smallest absolute Gasteiger partial charge is 0.355 e. The number of benzene rings is 1. The standard InChI is InChI=1S/C18H23NO5/c1-5-22-17(20)11-24-13(4)19-15-9-7-8-12(3)14(15)10-16(19)18(21)23-6-2/h7-10,13H,5-6,11H2,1-4H3. The molecular formula is C18H23NO5. The predicted molar refractivity (Wildman–Crippen MR) is 89.9 cm³/mol. The number of rotatable bonds is 7. The minimum Gasteiger partial charge on any atom is -0.464 e. The molecule has 0 aliphatic carbocycles. The first kappa shape index (κ1) is 18.0. The van der Waals surface area contributed by atoms with Crippen molar-refractivity contribution in [2.75, 3.05) is 19.8 Å². The third-order valence-electron chi connectivity index (χ3n) is 3.70. The van der Waals surface area contributed by atoms with Gasteiger partial charge < -0.3 is 18.8 Å². The van der Waals surface area contributed by atoms with E-state index in [2.05, 4.69) is 0 Å². The van der Waals surface area contributed by atoms with Crippen LogP contribution in [0.15, 0.2) is 24.3 Å². The lowest BCUT2D eigenvalue weighted by Crippen LogP contribution is -2.20. The summed E-state index contributed by atoms with van der Waals surface area (Å²) in [5.41, 5.74) is 2.31. The molecule has 2 rings (SSSR count). The molecule has 1 unspecified atom stereocenters. The Morgan fingerprint density at radius 2 is 1.88 bits per heavy atom. The number of ether oxygens (including phenoxy) is 3.